The van der Waals surface area contributed by atoms with Crippen molar-refractivity contribution >= 4 is 29.9 Å². The summed E-state index contributed by atoms with van der Waals surface area (Å²) in [5.41, 5.74) is 3.71. The topological polar surface area (TPSA) is 85.6 Å². The highest BCUT2D eigenvalue weighted by Crippen LogP contribution is 2.23. The van der Waals surface area contributed by atoms with Crippen molar-refractivity contribution < 1.29 is 9.47 Å². The van der Waals surface area contributed by atoms with Crippen molar-refractivity contribution in [3.8, 4) is 5.75 Å². The fourth-order valence-electron chi connectivity index (χ4n) is 3.77. The van der Waals surface area contributed by atoms with E-state index < -0.39 is 0 Å². The lowest BCUT2D eigenvalue weighted by Crippen LogP contribution is -2.47. The van der Waals surface area contributed by atoms with Crippen LogP contribution in [0.1, 0.15) is 48.1 Å². The monoisotopic (exact) mass is 556 g/mol. The normalized spacial score (nSPS) is 15.7. The van der Waals surface area contributed by atoms with Crippen LogP contribution >= 0.6 is 24.0 Å². The maximum atomic E-state index is 6.01. The first-order valence-corrected chi connectivity index (χ1v) is 11.2. The second-order valence-electron chi connectivity index (χ2n) is 8.11. The molecule has 0 aliphatic carbocycles. The second kappa shape index (κ2) is 13.0. The molecule has 178 valence electrons. The molecule has 1 unspecified atom stereocenters. The first-order chi connectivity index (χ1) is 15.0. The highest BCUT2D eigenvalue weighted by atomic mass is 127. The van der Waals surface area contributed by atoms with Gasteiger partial charge < -0.3 is 20.1 Å². The van der Waals surface area contributed by atoms with Crippen LogP contribution in [-0.4, -0.2) is 53.6 Å². The van der Waals surface area contributed by atoms with Crippen molar-refractivity contribution in [3.05, 3.63) is 40.5 Å². The molecule has 2 heterocycles. The zero-order valence-corrected chi connectivity index (χ0v) is 22.2. The summed E-state index contributed by atoms with van der Waals surface area (Å²) in [6, 6.07) is 4.57. The Balaban J connectivity index is 0.00000363. The summed E-state index contributed by atoms with van der Waals surface area (Å²) in [5.74, 6) is 3.60. The highest BCUT2D eigenvalue weighted by molar-refractivity contribution is 14.0. The summed E-state index contributed by atoms with van der Waals surface area (Å²) < 4.78 is 13.1. The summed E-state index contributed by atoms with van der Waals surface area (Å²) in [5, 5.41) is 11.4. The number of hydrogen-bond acceptors (Lipinski definition) is 5. The van der Waals surface area contributed by atoms with E-state index in [9.17, 15) is 0 Å². The Labute approximate surface area is 208 Å². The van der Waals surface area contributed by atoms with Crippen molar-refractivity contribution in [1.29, 1.82) is 0 Å². The van der Waals surface area contributed by atoms with E-state index in [4.69, 9.17) is 14.5 Å². The van der Waals surface area contributed by atoms with Crippen molar-refractivity contribution in [2.45, 2.75) is 66.2 Å². The first kappa shape index (κ1) is 26.4. The zero-order chi connectivity index (χ0) is 22.2. The van der Waals surface area contributed by atoms with E-state index in [0.717, 1.165) is 55.7 Å². The molecule has 0 bridgehead atoms. The third-order valence-corrected chi connectivity index (χ3v) is 5.45. The van der Waals surface area contributed by atoms with E-state index in [1.807, 2.05) is 4.68 Å². The number of guanidine groups is 1. The Kier molecular flexibility index (Phi) is 10.7. The fraction of sp³-hybridized carbons (Fsp3) is 0.609. The molecule has 0 amide bonds. The van der Waals surface area contributed by atoms with E-state index in [1.54, 1.807) is 7.11 Å². The number of aliphatic imine (C=N–C) groups is 1. The number of hydrogen-bond donors (Lipinski definition) is 2. The predicted molar refractivity (Wildman–Crippen MR) is 138 cm³/mol. The van der Waals surface area contributed by atoms with Gasteiger partial charge in [-0.1, -0.05) is 6.07 Å². The van der Waals surface area contributed by atoms with Gasteiger partial charge >= 0.3 is 0 Å². The van der Waals surface area contributed by atoms with Crippen molar-refractivity contribution in [3.63, 3.8) is 0 Å². The smallest absolute Gasteiger partial charge is 0.191 e. The molecule has 2 N–H and O–H groups in total. The molecule has 0 fully saturated rings. The third-order valence-electron chi connectivity index (χ3n) is 5.45. The quantitative estimate of drug-likeness (QED) is 0.214. The van der Waals surface area contributed by atoms with Gasteiger partial charge in [-0.05, 0) is 56.9 Å². The molecular formula is C23H37IN6O2. The number of nitrogens with one attached hydrogen (secondary N) is 2. The molecule has 9 heteroatoms. The van der Waals surface area contributed by atoms with Crippen LogP contribution in [0.2, 0.25) is 0 Å². The lowest BCUT2D eigenvalue weighted by Gasteiger charge is -2.25. The molecule has 1 atom stereocenters. The summed E-state index contributed by atoms with van der Waals surface area (Å²) in [4.78, 5) is 9.28. The van der Waals surface area contributed by atoms with Crippen LogP contribution in [-0.2, 0) is 24.3 Å². The molecule has 1 aliphatic heterocycles. The summed E-state index contributed by atoms with van der Waals surface area (Å²) in [6.07, 6.45) is 2.77. The van der Waals surface area contributed by atoms with E-state index >= 15 is 0 Å². The molecule has 0 spiro atoms. The van der Waals surface area contributed by atoms with Gasteiger partial charge in [-0.2, -0.15) is 5.10 Å². The average Bonchev–Trinajstić information content (AvgIpc) is 3.13. The summed E-state index contributed by atoms with van der Waals surface area (Å²) >= 11 is 0. The molecular weight excluding hydrogens is 519 g/mol. The summed E-state index contributed by atoms with van der Waals surface area (Å²) in [6.45, 7) is 11.8. The minimum atomic E-state index is 0. The molecule has 0 saturated heterocycles. The van der Waals surface area contributed by atoms with E-state index in [0.29, 0.717) is 19.8 Å². The Morgan fingerprint density at radius 2 is 2.09 bits per heavy atom. The van der Waals surface area contributed by atoms with Crippen LogP contribution < -0.4 is 15.4 Å². The van der Waals surface area contributed by atoms with Gasteiger partial charge in [0.25, 0.3) is 0 Å². The lowest BCUT2D eigenvalue weighted by molar-refractivity contribution is 0.177. The van der Waals surface area contributed by atoms with Crippen LogP contribution in [0.3, 0.4) is 0 Å². The van der Waals surface area contributed by atoms with Gasteiger partial charge in [0.15, 0.2) is 11.8 Å². The van der Waals surface area contributed by atoms with Gasteiger partial charge in [0.05, 0.1) is 13.2 Å². The lowest BCUT2D eigenvalue weighted by atomic mass is 10.1. The van der Waals surface area contributed by atoms with Crippen LogP contribution in [0.15, 0.2) is 17.1 Å². The fourth-order valence-corrected chi connectivity index (χ4v) is 3.77. The largest absolute Gasteiger partial charge is 0.493 e. The Hall–Kier alpha value is -1.88. The number of aryl methyl sites for hydroxylation is 3. The number of rotatable bonds is 9. The molecule has 0 radical (unpaired) electrons. The van der Waals surface area contributed by atoms with Crippen LogP contribution in [0, 0.1) is 20.8 Å². The Bertz CT molecular complexity index is 899. The molecule has 1 aliphatic rings. The molecule has 1 aromatic carbocycles. The van der Waals surface area contributed by atoms with Gasteiger partial charge in [-0.3, -0.25) is 4.99 Å². The number of ether oxygens (including phenoxy) is 2. The van der Waals surface area contributed by atoms with Gasteiger partial charge in [-0.25, -0.2) is 9.67 Å². The molecule has 0 saturated carbocycles. The standard InChI is InChI=1S/C23H36N6O2.HI/c1-6-24-23(25-10-7-11-31-20-13-16(2)12-17(3)18(20)4)26-19-8-9-22-27-21(15-30-5)28-29(22)14-19;/h12-13,19H,6-11,14-15H2,1-5H3,(H2,24,25,26);1H. The number of nitrogens with zero attached hydrogens (tertiary/aromatic N) is 4. The summed E-state index contributed by atoms with van der Waals surface area (Å²) in [7, 11) is 1.66. The zero-order valence-electron chi connectivity index (χ0n) is 19.9. The number of fused-ring (bicyclic) bond motifs is 1. The maximum absolute atomic E-state index is 6.01. The first-order valence-electron chi connectivity index (χ1n) is 11.2. The third kappa shape index (κ3) is 7.33. The average molecular weight is 556 g/mol. The minimum Gasteiger partial charge on any atom is -0.493 e. The molecule has 1 aromatic heterocycles. The van der Waals surface area contributed by atoms with Crippen molar-refractivity contribution in [2.24, 2.45) is 4.99 Å². The number of aromatic nitrogens is 3. The number of methoxy groups -OCH3 is 1. The van der Waals surface area contributed by atoms with Gasteiger partial charge in [-0.15, -0.1) is 24.0 Å². The molecule has 2 aromatic rings. The maximum Gasteiger partial charge on any atom is 0.191 e. The van der Waals surface area contributed by atoms with Crippen molar-refractivity contribution in [1.82, 2.24) is 25.4 Å². The second-order valence-corrected chi connectivity index (χ2v) is 8.11. The van der Waals surface area contributed by atoms with Crippen LogP contribution in [0.5, 0.6) is 5.75 Å². The van der Waals surface area contributed by atoms with E-state index in [2.05, 4.69) is 60.5 Å². The van der Waals surface area contributed by atoms with Gasteiger partial charge in [0.2, 0.25) is 0 Å². The number of benzene rings is 1. The molecule has 3 rings (SSSR count). The highest BCUT2D eigenvalue weighted by Gasteiger charge is 2.22. The molecule has 32 heavy (non-hydrogen) atoms. The van der Waals surface area contributed by atoms with Gasteiger partial charge in [0, 0.05) is 39.1 Å². The van der Waals surface area contributed by atoms with Gasteiger partial charge in [0.1, 0.15) is 18.2 Å². The van der Waals surface area contributed by atoms with E-state index in [-0.39, 0.29) is 30.0 Å². The number of halogens is 1. The van der Waals surface area contributed by atoms with Crippen LogP contribution in [0.25, 0.3) is 0 Å². The van der Waals surface area contributed by atoms with Crippen molar-refractivity contribution in [2.75, 3.05) is 26.8 Å². The van der Waals surface area contributed by atoms with Crippen LogP contribution in [0.4, 0.5) is 0 Å². The minimum absolute atomic E-state index is 0. The predicted octanol–water partition coefficient (Wildman–Crippen LogP) is 3.31. The Morgan fingerprint density at radius 1 is 1.28 bits per heavy atom. The van der Waals surface area contributed by atoms with E-state index in [1.165, 1.54) is 16.7 Å². The molecule has 8 nitrogen and oxygen atoms in total. The SMILES string of the molecule is CCNC(=NCCCOc1cc(C)cc(C)c1C)NC1CCc2nc(COC)nn2C1.I. The Morgan fingerprint density at radius 3 is 2.84 bits per heavy atom.